The highest BCUT2D eigenvalue weighted by Gasteiger charge is 2.19. The molecule has 5 nitrogen and oxygen atoms in total. The Morgan fingerprint density at radius 2 is 1.87 bits per heavy atom. The van der Waals surface area contributed by atoms with Gasteiger partial charge in [-0.25, -0.2) is 0 Å². The summed E-state index contributed by atoms with van der Waals surface area (Å²) < 4.78 is 5.90. The number of amides is 1. The third-order valence-corrected chi connectivity index (χ3v) is 5.32. The molecule has 0 bridgehead atoms. The van der Waals surface area contributed by atoms with Crippen LogP contribution in [0.2, 0.25) is 5.02 Å². The zero-order valence-corrected chi connectivity index (χ0v) is 16.7. The van der Waals surface area contributed by atoms with Crippen LogP contribution in [0.4, 0.5) is 0 Å². The molecule has 2 N–H and O–H groups in total. The van der Waals surface area contributed by atoms with Crippen LogP contribution < -0.4 is 5.32 Å². The van der Waals surface area contributed by atoms with Crippen LogP contribution in [0.15, 0.2) is 65.2 Å². The maximum Gasteiger partial charge on any atom is 0.253 e. The molecule has 0 radical (unpaired) electrons. The molecule has 0 fully saturated rings. The number of rotatable bonds is 4. The number of carbonyl (C=O) groups is 1. The van der Waals surface area contributed by atoms with E-state index in [1.807, 2.05) is 66.7 Å². The number of fused-ring (bicyclic) bond motifs is 1. The van der Waals surface area contributed by atoms with Crippen LogP contribution in [-0.2, 0) is 6.42 Å². The first kappa shape index (κ1) is 18.5. The zero-order valence-electron chi connectivity index (χ0n) is 16.0. The van der Waals surface area contributed by atoms with Gasteiger partial charge in [0.2, 0.25) is 0 Å². The van der Waals surface area contributed by atoms with Crippen molar-refractivity contribution in [2.75, 3.05) is 6.54 Å². The summed E-state index contributed by atoms with van der Waals surface area (Å²) in [7, 11) is 0. The Balaban J connectivity index is 1.37. The van der Waals surface area contributed by atoms with Crippen molar-refractivity contribution in [1.29, 1.82) is 0 Å². The number of hydrogen-bond donors (Lipinski definition) is 2. The van der Waals surface area contributed by atoms with Gasteiger partial charge in [-0.15, -0.1) is 0 Å². The van der Waals surface area contributed by atoms with E-state index < -0.39 is 0 Å². The monoisotopic (exact) mass is 415 g/mol. The van der Waals surface area contributed by atoms with E-state index in [-0.39, 0.29) is 5.91 Å². The van der Waals surface area contributed by atoms with Crippen LogP contribution in [0.1, 0.15) is 27.5 Å². The number of hydrogen-bond acceptors (Lipinski definition) is 3. The van der Waals surface area contributed by atoms with Crippen molar-refractivity contribution in [3.63, 3.8) is 0 Å². The van der Waals surface area contributed by atoms with E-state index >= 15 is 0 Å². The number of furan rings is 1. The molecular weight excluding hydrogens is 398 g/mol. The van der Waals surface area contributed by atoms with Gasteiger partial charge in [-0.1, -0.05) is 11.6 Å². The van der Waals surface area contributed by atoms with Crippen LogP contribution in [0, 0.1) is 0 Å². The van der Waals surface area contributed by atoms with Crippen molar-refractivity contribution in [2.24, 2.45) is 0 Å². The molecule has 6 heteroatoms. The van der Waals surface area contributed by atoms with Gasteiger partial charge in [0, 0.05) is 46.7 Å². The smallest absolute Gasteiger partial charge is 0.253 e. The first-order valence-electron chi connectivity index (χ1n) is 9.66. The Hall–Kier alpha value is -3.57. The van der Waals surface area contributed by atoms with Gasteiger partial charge in [0.05, 0.1) is 11.3 Å². The second-order valence-corrected chi connectivity index (χ2v) is 7.53. The summed E-state index contributed by atoms with van der Waals surface area (Å²) in [5.41, 5.74) is 5.36. The highest BCUT2D eigenvalue weighted by molar-refractivity contribution is 6.30. The summed E-state index contributed by atoms with van der Waals surface area (Å²) in [4.78, 5) is 19.8. The summed E-state index contributed by atoms with van der Waals surface area (Å²) in [6.07, 6.45) is 6.37. The Morgan fingerprint density at radius 1 is 1.00 bits per heavy atom. The molecule has 0 unspecified atom stereocenters. The molecule has 0 spiro atoms. The zero-order chi connectivity index (χ0) is 20.5. The molecular formula is C24H18ClN3O2. The number of aromatic nitrogens is 2. The Labute approximate surface area is 178 Å². The maximum absolute atomic E-state index is 12.0. The minimum atomic E-state index is -0.0257. The van der Waals surface area contributed by atoms with Crippen LogP contribution in [0.3, 0.4) is 0 Å². The van der Waals surface area contributed by atoms with Crippen LogP contribution in [0.25, 0.3) is 34.7 Å². The molecule has 1 aromatic carbocycles. The van der Waals surface area contributed by atoms with Crippen molar-refractivity contribution in [3.8, 4) is 22.6 Å². The predicted octanol–water partition coefficient (Wildman–Crippen LogP) is 5.45. The summed E-state index contributed by atoms with van der Waals surface area (Å²) >= 11 is 5.94. The number of H-pyrrole nitrogens is 1. The molecule has 5 rings (SSSR count). The molecule has 0 saturated carbocycles. The van der Waals surface area contributed by atoms with E-state index in [2.05, 4.69) is 15.3 Å². The second-order valence-electron chi connectivity index (χ2n) is 7.09. The summed E-state index contributed by atoms with van der Waals surface area (Å²) in [6.45, 7) is 0.664. The fraction of sp³-hybridized carbons (Fsp3) is 0.0833. The lowest BCUT2D eigenvalue weighted by Gasteiger charge is -2.10. The van der Waals surface area contributed by atoms with Crippen LogP contribution in [0.5, 0.6) is 0 Å². The minimum absolute atomic E-state index is 0.0257. The van der Waals surface area contributed by atoms with Gasteiger partial charge in [0.25, 0.3) is 5.91 Å². The van der Waals surface area contributed by atoms with Crippen molar-refractivity contribution in [1.82, 2.24) is 15.3 Å². The van der Waals surface area contributed by atoms with E-state index in [0.29, 0.717) is 11.6 Å². The largest absolute Gasteiger partial charge is 0.457 e. The first-order valence-corrected chi connectivity index (χ1v) is 10.0. The topological polar surface area (TPSA) is 70.9 Å². The summed E-state index contributed by atoms with van der Waals surface area (Å²) in [5, 5.41) is 3.56. The molecule has 0 atom stereocenters. The average Bonchev–Trinajstić information content (AvgIpc) is 3.41. The normalized spacial score (nSPS) is 13.4. The average molecular weight is 416 g/mol. The van der Waals surface area contributed by atoms with Crippen molar-refractivity contribution in [2.45, 2.75) is 6.42 Å². The number of carbonyl (C=O) groups excluding carboxylic acids is 1. The standard InChI is InChI=1S/C24H18ClN3O2/c25-17-3-1-15(2-4-17)23-8-7-19(30-23)6-5-18-13-16(9-11-26-18)22-14-20-21(28-22)10-12-27-24(20)29/h1-9,11,13-14,28H,10,12H2,(H,27,29)/b6-5+. The van der Waals surface area contributed by atoms with Gasteiger partial charge < -0.3 is 14.7 Å². The predicted molar refractivity (Wildman–Crippen MR) is 118 cm³/mol. The van der Waals surface area contributed by atoms with Gasteiger partial charge in [-0.2, -0.15) is 0 Å². The number of pyridine rings is 1. The fourth-order valence-corrected chi connectivity index (χ4v) is 3.66. The fourth-order valence-electron chi connectivity index (χ4n) is 3.54. The number of aromatic amines is 1. The van der Waals surface area contributed by atoms with Gasteiger partial charge in [0.1, 0.15) is 11.5 Å². The van der Waals surface area contributed by atoms with E-state index in [0.717, 1.165) is 51.7 Å². The van der Waals surface area contributed by atoms with Crippen LogP contribution >= 0.6 is 11.6 Å². The SMILES string of the molecule is O=C1NCCc2[nH]c(-c3ccnc(/C=C/c4ccc(-c5ccc(Cl)cc5)o4)c3)cc21. The summed E-state index contributed by atoms with van der Waals surface area (Å²) in [6, 6.07) is 17.2. The van der Waals surface area contributed by atoms with Crippen molar-refractivity contribution in [3.05, 3.63) is 88.5 Å². The van der Waals surface area contributed by atoms with E-state index in [9.17, 15) is 4.79 Å². The van der Waals surface area contributed by atoms with Crippen molar-refractivity contribution < 1.29 is 9.21 Å². The lowest BCUT2D eigenvalue weighted by molar-refractivity contribution is 0.0946. The van der Waals surface area contributed by atoms with Gasteiger partial charge in [-0.3, -0.25) is 9.78 Å². The molecule has 30 heavy (non-hydrogen) atoms. The highest BCUT2D eigenvalue weighted by atomic mass is 35.5. The number of nitrogens with zero attached hydrogens (tertiary/aromatic N) is 1. The van der Waals surface area contributed by atoms with E-state index in [4.69, 9.17) is 16.0 Å². The summed E-state index contributed by atoms with van der Waals surface area (Å²) in [5.74, 6) is 1.49. The van der Waals surface area contributed by atoms with Crippen LogP contribution in [-0.4, -0.2) is 22.4 Å². The van der Waals surface area contributed by atoms with Gasteiger partial charge in [-0.05, 0) is 66.7 Å². The minimum Gasteiger partial charge on any atom is -0.457 e. The molecule has 3 aromatic heterocycles. The Morgan fingerprint density at radius 3 is 2.70 bits per heavy atom. The third-order valence-electron chi connectivity index (χ3n) is 5.07. The lowest BCUT2D eigenvalue weighted by atomic mass is 10.1. The molecule has 0 aliphatic carbocycles. The lowest BCUT2D eigenvalue weighted by Crippen LogP contribution is -2.31. The highest BCUT2D eigenvalue weighted by Crippen LogP contribution is 2.26. The maximum atomic E-state index is 12.0. The molecule has 1 aliphatic heterocycles. The first-order chi connectivity index (χ1) is 14.7. The number of benzene rings is 1. The Kier molecular flexibility index (Phi) is 4.73. The number of halogens is 1. The third kappa shape index (κ3) is 3.67. The molecule has 4 aromatic rings. The second kappa shape index (κ2) is 7.69. The van der Waals surface area contributed by atoms with Gasteiger partial charge in [0.15, 0.2) is 0 Å². The molecule has 4 heterocycles. The molecule has 1 amide bonds. The van der Waals surface area contributed by atoms with E-state index in [1.54, 1.807) is 6.20 Å². The van der Waals surface area contributed by atoms with Gasteiger partial charge >= 0.3 is 0 Å². The molecule has 148 valence electrons. The molecule has 1 aliphatic rings. The molecule has 0 saturated heterocycles. The van der Waals surface area contributed by atoms with E-state index in [1.165, 1.54) is 0 Å². The quantitative estimate of drug-likeness (QED) is 0.465. The Bertz CT molecular complexity index is 1250. The number of nitrogens with one attached hydrogen (secondary N) is 2. The van der Waals surface area contributed by atoms with Crippen molar-refractivity contribution >= 4 is 29.7 Å².